The van der Waals surface area contributed by atoms with E-state index < -0.39 is 0 Å². The summed E-state index contributed by atoms with van der Waals surface area (Å²) in [6.07, 6.45) is 6.21. The lowest BCUT2D eigenvalue weighted by atomic mass is 9.91. The Bertz CT molecular complexity index is 714. The highest BCUT2D eigenvalue weighted by Crippen LogP contribution is 2.46. The van der Waals surface area contributed by atoms with E-state index in [1.807, 2.05) is 6.92 Å². The summed E-state index contributed by atoms with van der Waals surface area (Å²) < 4.78 is 0. The molecule has 2 aliphatic carbocycles. The predicted octanol–water partition coefficient (Wildman–Crippen LogP) is 3.50. The molecular weight excluding hydrogens is 306 g/mol. The van der Waals surface area contributed by atoms with Gasteiger partial charge in [0.2, 0.25) is 11.7 Å². The van der Waals surface area contributed by atoms with Crippen molar-refractivity contribution in [1.29, 1.82) is 0 Å². The molecule has 0 bridgehead atoms. The third-order valence-corrected chi connectivity index (χ3v) is 4.93. The van der Waals surface area contributed by atoms with Crippen molar-refractivity contribution in [2.24, 2.45) is 5.92 Å². The van der Waals surface area contributed by atoms with Crippen LogP contribution in [0.15, 0.2) is 17.8 Å². The minimum Gasteiger partial charge on any atom is -0.504 e. The lowest BCUT2D eigenvalue weighted by Crippen LogP contribution is -2.26. The van der Waals surface area contributed by atoms with E-state index in [9.17, 15) is 19.8 Å². The molecule has 0 atom stereocenters. The second-order valence-corrected chi connectivity index (χ2v) is 6.64. The molecule has 1 amide bonds. The Morgan fingerprint density at radius 3 is 2.42 bits per heavy atom. The van der Waals surface area contributed by atoms with Gasteiger partial charge in [-0.25, -0.2) is 0 Å². The lowest BCUT2D eigenvalue weighted by Gasteiger charge is -2.15. The number of carbonyl (C=O) groups is 2. The van der Waals surface area contributed by atoms with Crippen LogP contribution in [0, 0.1) is 5.92 Å². The number of rotatable bonds is 5. The van der Waals surface area contributed by atoms with Gasteiger partial charge in [0.05, 0.1) is 5.70 Å². The Balaban J connectivity index is 2.01. The van der Waals surface area contributed by atoms with E-state index in [2.05, 4.69) is 5.32 Å². The molecule has 0 spiro atoms. The van der Waals surface area contributed by atoms with Crippen LogP contribution in [0.5, 0.6) is 11.5 Å². The molecule has 1 fully saturated rings. The van der Waals surface area contributed by atoms with Crippen molar-refractivity contribution in [3.05, 3.63) is 29.0 Å². The standard InChI is InChI=1S/C19H23NO4/c1-2-3-8-16(23)20-18-17(11-6-4-5-7-11)12-9-14(21)15(22)10-13(12)19(18)24/h9-11,21-22H,2-8H2,1H3,(H,20,23,24). The van der Waals surface area contributed by atoms with Crippen molar-refractivity contribution in [3.8, 4) is 11.5 Å². The Hall–Kier alpha value is -2.30. The maximum atomic E-state index is 12.8. The number of benzene rings is 1. The summed E-state index contributed by atoms with van der Waals surface area (Å²) in [6.45, 7) is 2.01. The summed E-state index contributed by atoms with van der Waals surface area (Å²) >= 11 is 0. The monoisotopic (exact) mass is 329 g/mol. The van der Waals surface area contributed by atoms with Gasteiger partial charge >= 0.3 is 0 Å². The Morgan fingerprint density at radius 2 is 1.79 bits per heavy atom. The molecule has 1 aromatic carbocycles. The summed E-state index contributed by atoms with van der Waals surface area (Å²) in [7, 11) is 0. The summed E-state index contributed by atoms with van der Waals surface area (Å²) in [5.74, 6) is -0.772. The number of phenolic OH excluding ortho intramolecular Hbond substituents is 2. The minimum atomic E-state index is -0.313. The summed E-state index contributed by atoms with van der Waals surface area (Å²) in [6, 6.07) is 2.74. The lowest BCUT2D eigenvalue weighted by molar-refractivity contribution is -0.120. The van der Waals surface area contributed by atoms with E-state index in [0.29, 0.717) is 23.2 Å². The van der Waals surface area contributed by atoms with Crippen molar-refractivity contribution in [3.63, 3.8) is 0 Å². The van der Waals surface area contributed by atoms with Gasteiger partial charge in [0.1, 0.15) is 0 Å². The second kappa shape index (κ2) is 6.67. The third-order valence-electron chi connectivity index (χ3n) is 4.93. The fraction of sp³-hybridized carbons (Fsp3) is 0.474. The van der Waals surface area contributed by atoms with Crippen molar-refractivity contribution in [2.45, 2.75) is 51.9 Å². The third kappa shape index (κ3) is 2.90. The summed E-state index contributed by atoms with van der Waals surface area (Å²) in [5.41, 5.74) is 2.17. The highest BCUT2D eigenvalue weighted by molar-refractivity contribution is 6.22. The van der Waals surface area contributed by atoms with E-state index in [1.54, 1.807) is 0 Å². The summed E-state index contributed by atoms with van der Waals surface area (Å²) in [4.78, 5) is 24.9. The van der Waals surface area contributed by atoms with E-state index >= 15 is 0 Å². The van der Waals surface area contributed by atoms with Crippen molar-refractivity contribution >= 4 is 17.3 Å². The number of aromatic hydroxyl groups is 2. The fourth-order valence-electron chi connectivity index (χ4n) is 3.68. The molecule has 0 saturated heterocycles. The van der Waals surface area contributed by atoms with Gasteiger partial charge in [-0.1, -0.05) is 26.2 Å². The number of unbranched alkanes of at least 4 members (excludes halogenated alkanes) is 1. The van der Waals surface area contributed by atoms with Gasteiger partial charge in [0.15, 0.2) is 11.5 Å². The van der Waals surface area contributed by atoms with Crippen LogP contribution in [0.1, 0.15) is 67.8 Å². The highest BCUT2D eigenvalue weighted by Gasteiger charge is 2.36. The van der Waals surface area contributed by atoms with E-state index in [0.717, 1.165) is 44.1 Å². The van der Waals surface area contributed by atoms with Crippen molar-refractivity contribution in [1.82, 2.24) is 5.32 Å². The Morgan fingerprint density at radius 1 is 1.17 bits per heavy atom. The molecule has 5 heteroatoms. The molecule has 2 aliphatic rings. The van der Waals surface area contributed by atoms with Crippen molar-refractivity contribution < 1.29 is 19.8 Å². The van der Waals surface area contributed by atoms with Crippen LogP contribution in [0.2, 0.25) is 0 Å². The second-order valence-electron chi connectivity index (χ2n) is 6.64. The zero-order valence-corrected chi connectivity index (χ0v) is 13.9. The van der Waals surface area contributed by atoms with Crippen LogP contribution < -0.4 is 5.32 Å². The maximum Gasteiger partial charge on any atom is 0.224 e. The van der Waals surface area contributed by atoms with E-state index in [1.165, 1.54) is 12.1 Å². The SMILES string of the molecule is CCCCC(=O)NC1=C(C2CCCC2)c2cc(O)c(O)cc2C1=O. The number of amides is 1. The smallest absolute Gasteiger partial charge is 0.224 e. The molecule has 3 rings (SSSR count). The molecule has 1 saturated carbocycles. The molecule has 0 heterocycles. The molecule has 5 nitrogen and oxygen atoms in total. The van der Waals surface area contributed by atoms with Crippen LogP contribution in [-0.4, -0.2) is 21.9 Å². The maximum absolute atomic E-state index is 12.8. The van der Waals surface area contributed by atoms with Crippen molar-refractivity contribution in [2.75, 3.05) is 0 Å². The largest absolute Gasteiger partial charge is 0.504 e. The zero-order valence-electron chi connectivity index (χ0n) is 13.9. The highest BCUT2D eigenvalue weighted by atomic mass is 16.3. The average Bonchev–Trinajstić information content (AvgIpc) is 3.15. The molecule has 0 aliphatic heterocycles. The molecule has 0 aromatic heterocycles. The molecule has 24 heavy (non-hydrogen) atoms. The number of phenols is 2. The molecule has 128 valence electrons. The number of nitrogens with one attached hydrogen (secondary N) is 1. The number of fused-ring (bicyclic) bond motifs is 1. The number of Topliss-reactive ketones (excluding diaryl/α,β-unsaturated/α-hetero) is 1. The first-order chi connectivity index (χ1) is 11.5. The quantitative estimate of drug-likeness (QED) is 0.722. The average molecular weight is 329 g/mol. The molecule has 1 aromatic rings. The van der Waals surface area contributed by atoms with Crippen LogP contribution in [-0.2, 0) is 4.79 Å². The number of hydrogen-bond donors (Lipinski definition) is 3. The molecule has 0 radical (unpaired) electrons. The number of carbonyl (C=O) groups excluding carboxylic acids is 2. The van der Waals surface area contributed by atoms with E-state index in [4.69, 9.17) is 0 Å². The first-order valence-corrected chi connectivity index (χ1v) is 8.68. The number of ketones is 1. The number of allylic oxidation sites excluding steroid dienone is 2. The molecule has 3 N–H and O–H groups in total. The van der Waals surface area contributed by atoms with Gasteiger partial charge in [0, 0.05) is 12.0 Å². The van der Waals surface area contributed by atoms with Crippen LogP contribution in [0.25, 0.3) is 5.57 Å². The van der Waals surface area contributed by atoms with Gasteiger partial charge in [-0.2, -0.15) is 0 Å². The normalized spacial score (nSPS) is 17.5. The molecule has 0 unspecified atom stereocenters. The van der Waals surface area contributed by atoms with Gasteiger partial charge in [-0.15, -0.1) is 0 Å². The fourth-order valence-corrected chi connectivity index (χ4v) is 3.68. The topological polar surface area (TPSA) is 86.6 Å². The van der Waals surface area contributed by atoms with E-state index in [-0.39, 0.29) is 29.1 Å². The van der Waals surface area contributed by atoms with Gasteiger partial charge in [0.25, 0.3) is 0 Å². The van der Waals surface area contributed by atoms with Crippen LogP contribution >= 0.6 is 0 Å². The van der Waals surface area contributed by atoms with Crippen LogP contribution in [0.3, 0.4) is 0 Å². The number of hydrogen-bond acceptors (Lipinski definition) is 4. The predicted molar refractivity (Wildman–Crippen MR) is 90.6 cm³/mol. The zero-order chi connectivity index (χ0) is 17.3. The van der Waals surface area contributed by atoms with Gasteiger partial charge in [-0.05, 0) is 48.4 Å². The Kier molecular flexibility index (Phi) is 4.60. The first-order valence-electron chi connectivity index (χ1n) is 8.68. The van der Waals surface area contributed by atoms with Crippen LogP contribution in [0.4, 0.5) is 0 Å². The summed E-state index contributed by atoms with van der Waals surface area (Å²) in [5, 5.41) is 22.4. The Labute approximate surface area is 141 Å². The molecular formula is C19H23NO4. The minimum absolute atomic E-state index is 0.156. The van der Waals surface area contributed by atoms with Gasteiger partial charge < -0.3 is 15.5 Å². The van der Waals surface area contributed by atoms with Gasteiger partial charge in [-0.3, -0.25) is 9.59 Å². The first kappa shape index (κ1) is 16.6.